The Morgan fingerprint density at radius 2 is 1.88 bits per heavy atom. The fraction of sp³-hybridized carbons (Fsp3) is 0.455. The van der Waals surface area contributed by atoms with Gasteiger partial charge in [0, 0.05) is 21.6 Å². The number of benzene rings is 1. The maximum absolute atomic E-state index is 13.2. The van der Waals surface area contributed by atoms with Crippen LogP contribution in [0.25, 0.3) is 0 Å². The van der Waals surface area contributed by atoms with Gasteiger partial charge in [0.05, 0.1) is 23.6 Å². The van der Waals surface area contributed by atoms with Crippen LogP contribution in [-0.2, 0) is 27.5 Å². The summed E-state index contributed by atoms with van der Waals surface area (Å²) in [5.41, 5.74) is 2.17. The molecule has 2 aromatic rings. The van der Waals surface area contributed by atoms with Crippen molar-refractivity contribution in [1.82, 2.24) is 4.90 Å². The number of halogens is 1. The van der Waals surface area contributed by atoms with Crippen LogP contribution in [0.4, 0.5) is 10.7 Å². The third-order valence-corrected chi connectivity index (χ3v) is 9.19. The number of rotatable bonds is 6. The number of anilines is 2. The molecule has 2 heterocycles. The van der Waals surface area contributed by atoms with E-state index in [-0.39, 0.29) is 35.9 Å². The maximum Gasteiger partial charge on any atom is 0.258 e. The molecule has 1 aromatic heterocycles. The predicted octanol–water partition coefficient (Wildman–Crippen LogP) is 3.59. The lowest BCUT2D eigenvalue weighted by atomic mass is 9.95. The van der Waals surface area contributed by atoms with Crippen LogP contribution < -0.4 is 10.6 Å². The Labute approximate surface area is 197 Å². The number of carbonyl (C=O) groups is 2. The summed E-state index contributed by atoms with van der Waals surface area (Å²) in [6, 6.07) is 6.74. The molecule has 172 valence electrons. The van der Waals surface area contributed by atoms with Crippen molar-refractivity contribution in [2.45, 2.75) is 38.1 Å². The quantitative estimate of drug-likeness (QED) is 0.638. The summed E-state index contributed by atoms with van der Waals surface area (Å²) in [5.74, 6) is -0.261. The molecule has 32 heavy (non-hydrogen) atoms. The third kappa shape index (κ3) is 5.33. The van der Waals surface area contributed by atoms with Gasteiger partial charge in [-0.3, -0.25) is 14.5 Å². The van der Waals surface area contributed by atoms with Crippen molar-refractivity contribution < 1.29 is 18.0 Å². The van der Waals surface area contributed by atoms with E-state index in [4.69, 9.17) is 11.6 Å². The summed E-state index contributed by atoms with van der Waals surface area (Å²) < 4.78 is 23.5. The third-order valence-electron chi connectivity index (χ3n) is 5.98. The SMILES string of the molecule is CN(CC(=O)Nc1sc2c(c1C(=O)Nc1ccc(Cl)cc1)CCCC2)C1CCS(=O)(=O)C1. The Hall–Kier alpha value is -1.94. The standard InChI is InChI=1S/C22H26ClN3O4S2/c1-26(16-10-11-32(29,30)13-16)12-19(27)25-22-20(17-4-2-3-5-18(17)31-22)21(28)24-15-8-6-14(23)7-9-15/h6-9,16H,2-5,10-13H2,1H3,(H,24,28)(H,25,27). The molecule has 1 aromatic carbocycles. The number of carbonyl (C=O) groups excluding carboxylic acids is 2. The van der Waals surface area contributed by atoms with Crippen LogP contribution in [-0.4, -0.2) is 56.3 Å². The number of amides is 2. The number of sulfone groups is 1. The fourth-order valence-electron chi connectivity index (χ4n) is 4.27. The number of fused-ring (bicyclic) bond motifs is 1. The molecule has 0 radical (unpaired) electrons. The monoisotopic (exact) mass is 495 g/mol. The largest absolute Gasteiger partial charge is 0.322 e. The van der Waals surface area contributed by atoms with E-state index in [9.17, 15) is 18.0 Å². The number of hydrogen-bond acceptors (Lipinski definition) is 6. The van der Waals surface area contributed by atoms with Crippen molar-refractivity contribution >= 4 is 55.3 Å². The highest BCUT2D eigenvalue weighted by molar-refractivity contribution is 7.91. The molecule has 1 saturated heterocycles. The molecule has 2 aliphatic rings. The minimum absolute atomic E-state index is 0.0704. The van der Waals surface area contributed by atoms with E-state index >= 15 is 0 Å². The van der Waals surface area contributed by atoms with Crippen LogP contribution in [0, 0.1) is 0 Å². The van der Waals surface area contributed by atoms with E-state index in [1.54, 1.807) is 36.2 Å². The van der Waals surface area contributed by atoms with E-state index in [0.29, 0.717) is 27.7 Å². The summed E-state index contributed by atoms with van der Waals surface area (Å²) in [6.45, 7) is 0.0704. The Balaban J connectivity index is 1.50. The van der Waals surface area contributed by atoms with Crippen molar-refractivity contribution in [3.63, 3.8) is 0 Å². The van der Waals surface area contributed by atoms with Gasteiger partial charge in [-0.2, -0.15) is 0 Å². The maximum atomic E-state index is 13.2. The molecule has 0 bridgehead atoms. The molecule has 0 saturated carbocycles. The molecule has 2 N–H and O–H groups in total. The first-order chi connectivity index (χ1) is 15.2. The van der Waals surface area contributed by atoms with Crippen LogP contribution in [0.5, 0.6) is 0 Å². The first-order valence-electron chi connectivity index (χ1n) is 10.6. The molecule has 2 amide bonds. The number of aryl methyl sites for hydroxylation is 1. The highest BCUT2D eigenvalue weighted by Gasteiger charge is 2.32. The molecule has 1 aliphatic carbocycles. The van der Waals surface area contributed by atoms with Gasteiger partial charge in [0.2, 0.25) is 5.91 Å². The van der Waals surface area contributed by atoms with Crippen LogP contribution in [0.1, 0.15) is 40.1 Å². The second-order valence-corrected chi connectivity index (χ2v) is 12.2. The average molecular weight is 496 g/mol. The number of nitrogens with zero attached hydrogens (tertiary/aromatic N) is 1. The van der Waals surface area contributed by atoms with Crippen molar-refractivity contribution in [3.05, 3.63) is 45.3 Å². The van der Waals surface area contributed by atoms with E-state index < -0.39 is 9.84 Å². The van der Waals surface area contributed by atoms with Crippen LogP contribution in [0.2, 0.25) is 5.02 Å². The molecule has 7 nitrogen and oxygen atoms in total. The highest BCUT2D eigenvalue weighted by atomic mass is 35.5. The summed E-state index contributed by atoms with van der Waals surface area (Å²) in [4.78, 5) is 28.9. The summed E-state index contributed by atoms with van der Waals surface area (Å²) in [5, 5.41) is 6.98. The fourth-order valence-corrected chi connectivity index (χ4v) is 7.50. The van der Waals surface area contributed by atoms with Crippen molar-refractivity contribution in [1.29, 1.82) is 0 Å². The topological polar surface area (TPSA) is 95.6 Å². The second-order valence-electron chi connectivity index (χ2n) is 8.40. The van der Waals surface area contributed by atoms with Gasteiger partial charge < -0.3 is 10.6 Å². The summed E-state index contributed by atoms with van der Waals surface area (Å²) in [6.07, 6.45) is 4.32. The van der Waals surface area contributed by atoms with Crippen LogP contribution in [0.3, 0.4) is 0 Å². The zero-order valence-electron chi connectivity index (χ0n) is 17.8. The molecular formula is C22H26ClN3O4S2. The van der Waals surface area contributed by atoms with Gasteiger partial charge in [-0.05, 0) is 69.0 Å². The molecule has 1 fully saturated rings. The first kappa shape index (κ1) is 23.2. The summed E-state index contributed by atoms with van der Waals surface area (Å²) in [7, 11) is -1.26. The molecular weight excluding hydrogens is 470 g/mol. The van der Waals surface area contributed by atoms with Gasteiger partial charge in [-0.15, -0.1) is 11.3 Å². The van der Waals surface area contributed by atoms with Crippen LogP contribution in [0.15, 0.2) is 24.3 Å². The number of thiophene rings is 1. The van der Waals surface area contributed by atoms with Crippen molar-refractivity contribution in [3.8, 4) is 0 Å². The minimum atomic E-state index is -3.02. The Bertz CT molecular complexity index is 1130. The van der Waals surface area contributed by atoms with Crippen molar-refractivity contribution in [2.75, 3.05) is 35.7 Å². The molecule has 1 unspecified atom stereocenters. The average Bonchev–Trinajstić information content (AvgIpc) is 3.28. The lowest BCUT2D eigenvalue weighted by Crippen LogP contribution is -2.38. The molecule has 4 rings (SSSR count). The van der Waals surface area contributed by atoms with Gasteiger partial charge >= 0.3 is 0 Å². The van der Waals surface area contributed by atoms with Crippen molar-refractivity contribution in [2.24, 2.45) is 0 Å². The Kier molecular flexibility index (Phi) is 6.90. The molecule has 1 aliphatic heterocycles. The smallest absolute Gasteiger partial charge is 0.258 e. The van der Waals surface area contributed by atoms with E-state index in [1.807, 2.05) is 0 Å². The second kappa shape index (κ2) is 9.51. The number of hydrogen-bond donors (Lipinski definition) is 2. The van der Waals surface area contributed by atoms with Gasteiger partial charge in [-0.25, -0.2) is 8.42 Å². The summed E-state index contributed by atoms with van der Waals surface area (Å²) >= 11 is 7.40. The Morgan fingerprint density at radius 1 is 1.16 bits per heavy atom. The van der Waals surface area contributed by atoms with E-state index in [1.165, 1.54) is 11.3 Å². The molecule has 1 atom stereocenters. The zero-order valence-corrected chi connectivity index (χ0v) is 20.2. The number of nitrogens with one attached hydrogen (secondary N) is 2. The first-order valence-corrected chi connectivity index (χ1v) is 13.7. The normalized spacial score (nSPS) is 19.5. The highest BCUT2D eigenvalue weighted by Crippen LogP contribution is 2.38. The van der Waals surface area contributed by atoms with E-state index in [0.717, 1.165) is 36.1 Å². The van der Waals surface area contributed by atoms with Gasteiger partial charge in [-0.1, -0.05) is 11.6 Å². The minimum Gasteiger partial charge on any atom is -0.322 e. The van der Waals surface area contributed by atoms with Gasteiger partial charge in [0.25, 0.3) is 5.91 Å². The van der Waals surface area contributed by atoms with E-state index in [2.05, 4.69) is 10.6 Å². The van der Waals surface area contributed by atoms with Crippen LogP contribution >= 0.6 is 22.9 Å². The Morgan fingerprint density at radius 3 is 2.56 bits per heavy atom. The van der Waals surface area contributed by atoms with Gasteiger partial charge in [0.1, 0.15) is 5.00 Å². The predicted molar refractivity (Wildman–Crippen MR) is 129 cm³/mol. The number of likely N-dealkylation sites (N-methyl/N-ethyl adjacent to an activating group) is 1. The van der Waals surface area contributed by atoms with Gasteiger partial charge in [0.15, 0.2) is 9.84 Å². The molecule has 10 heteroatoms. The lowest BCUT2D eigenvalue weighted by molar-refractivity contribution is -0.117. The zero-order chi connectivity index (χ0) is 22.9. The molecule has 0 spiro atoms. The lowest BCUT2D eigenvalue weighted by Gasteiger charge is -2.22.